The molecule has 0 aliphatic carbocycles. The lowest BCUT2D eigenvalue weighted by molar-refractivity contribution is -0.124. The number of rotatable bonds is 4. The molecule has 2 atom stereocenters. The maximum absolute atomic E-state index is 12.0. The Morgan fingerprint density at radius 3 is 2.79 bits per heavy atom. The molecular weight excluding hydrogens is 262 g/mol. The van der Waals surface area contributed by atoms with E-state index in [9.17, 15) is 9.59 Å². The van der Waals surface area contributed by atoms with Crippen molar-refractivity contribution >= 4 is 23.7 Å². The minimum Gasteiger partial charge on any atom is -0.341 e. The Labute approximate surface area is 119 Å². The predicted molar refractivity (Wildman–Crippen MR) is 79.4 cm³/mol. The first-order valence-corrected chi connectivity index (χ1v) is 8.01. The van der Waals surface area contributed by atoms with E-state index in [0.29, 0.717) is 5.25 Å². The number of carbonyl (C=O) groups excluding carboxylic acids is 2. The van der Waals surface area contributed by atoms with Crippen molar-refractivity contribution in [3.8, 4) is 0 Å². The molecule has 0 unspecified atom stereocenters. The molecule has 2 N–H and O–H groups in total. The summed E-state index contributed by atoms with van der Waals surface area (Å²) in [6, 6.07) is -0.693. The van der Waals surface area contributed by atoms with Crippen molar-refractivity contribution in [3.05, 3.63) is 0 Å². The summed E-state index contributed by atoms with van der Waals surface area (Å²) in [6.07, 6.45) is 3.56. The van der Waals surface area contributed by atoms with Gasteiger partial charge in [-0.2, -0.15) is 11.8 Å². The van der Waals surface area contributed by atoms with Crippen molar-refractivity contribution in [2.45, 2.75) is 44.4 Å². The van der Waals surface area contributed by atoms with Crippen LogP contribution in [0.5, 0.6) is 0 Å². The van der Waals surface area contributed by atoms with Crippen molar-refractivity contribution in [2.24, 2.45) is 0 Å². The van der Waals surface area contributed by atoms with Crippen molar-refractivity contribution in [3.63, 3.8) is 0 Å². The highest BCUT2D eigenvalue weighted by Crippen LogP contribution is 2.23. The Morgan fingerprint density at radius 2 is 2.16 bits per heavy atom. The number of imide groups is 1. The minimum atomic E-state index is -0.439. The number of amides is 3. The van der Waals surface area contributed by atoms with Crippen LogP contribution in [0.25, 0.3) is 0 Å². The highest BCUT2D eigenvalue weighted by molar-refractivity contribution is 7.99. The fraction of sp³-hybridized carbons (Fsp3) is 0.846. The maximum atomic E-state index is 12.0. The summed E-state index contributed by atoms with van der Waals surface area (Å²) < 4.78 is 0. The largest absolute Gasteiger partial charge is 0.341 e. The van der Waals surface area contributed by atoms with Gasteiger partial charge in [-0.3, -0.25) is 15.0 Å². The number of hydrogen-bond acceptors (Lipinski definition) is 4. The van der Waals surface area contributed by atoms with Crippen LogP contribution in [-0.4, -0.2) is 54.0 Å². The average molecular weight is 287 g/mol. The van der Waals surface area contributed by atoms with Crippen LogP contribution in [0.4, 0.5) is 4.79 Å². The van der Waals surface area contributed by atoms with Gasteiger partial charge in [0, 0.05) is 18.8 Å². The van der Waals surface area contributed by atoms with E-state index in [1.165, 1.54) is 19.9 Å². The molecule has 1 aliphatic rings. The summed E-state index contributed by atoms with van der Waals surface area (Å²) in [5.41, 5.74) is 0. The lowest BCUT2D eigenvalue weighted by Gasteiger charge is -2.28. The second-order valence-electron chi connectivity index (χ2n) is 4.81. The fourth-order valence-corrected chi connectivity index (χ4v) is 3.40. The molecule has 0 aromatic rings. The van der Waals surface area contributed by atoms with E-state index in [1.54, 1.807) is 0 Å². The molecule has 0 radical (unpaired) electrons. The quantitative estimate of drug-likeness (QED) is 0.821. The average Bonchev–Trinajstić information content (AvgIpc) is 2.63. The topological polar surface area (TPSA) is 61.4 Å². The lowest BCUT2D eigenvalue weighted by atomic mass is 10.2. The molecule has 0 spiro atoms. The highest BCUT2D eigenvalue weighted by atomic mass is 32.2. The molecule has 19 heavy (non-hydrogen) atoms. The summed E-state index contributed by atoms with van der Waals surface area (Å²) in [5, 5.41) is 5.36. The van der Waals surface area contributed by atoms with Gasteiger partial charge in [0.1, 0.15) is 0 Å². The molecule has 0 bridgehead atoms. The number of likely N-dealkylation sites (tertiary alicyclic amines) is 1. The van der Waals surface area contributed by atoms with Gasteiger partial charge in [0.2, 0.25) is 5.91 Å². The van der Waals surface area contributed by atoms with Crippen LogP contribution in [-0.2, 0) is 4.79 Å². The molecule has 0 saturated carbocycles. The molecule has 5 nitrogen and oxygen atoms in total. The summed E-state index contributed by atoms with van der Waals surface area (Å²) in [5.74, 6) is 0.888. The Bertz CT molecular complexity index is 312. The summed E-state index contributed by atoms with van der Waals surface area (Å²) in [4.78, 5) is 25.3. The minimum absolute atomic E-state index is 0.221. The van der Waals surface area contributed by atoms with Gasteiger partial charge in [-0.15, -0.1) is 0 Å². The van der Waals surface area contributed by atoms with Crippen LogP contribution in [0.1, 0.15) is 33.1 Å². The van der Waals surface area contributed by atoms with E-state index >= 15 is 0 Å². The molecule has 6 heteroatoms. The van der Waals surface area contributed by atoms with E-state index in [0.717, 1.165) is 25.3 Å². The molecule has 0 aromatic carbocycles. The smallest absolute Gasteiger partial charge is 0.321 e. The van der Waals surface area contributed by atoms with E-state index in [4.69, 9.17) is 0 Å². The summed E-state index contributed by atoms with van der Waals surface area (Å²) in [7, 11) is 1.51. The lowest BCUT2D eigenvalue weighted by Crippen LogP contribution is -2.50. The molecule has 1 rings (SSSR count). The number of nitrogens with one attached hydrogen (secondary N) is 2. The molecular formula is C13H25N3O2S. The SMILES string of the molecule is CCS[C@@H]1CCCCN([C@H](C)C(=O)NC(=O)NC)C1. The van der Waals surface area contributed by atoms with Crippen LogP contribution in [0.2, 0.25) is 0 Å². The van der Waals surface area contributed by atoms with Crippen molar-refractivity contribution in [1.82, 2.24) is 15.5 Å². The molecule has 1 heterocycles. The summed E-state index contributed by atoms with van der Waals surface area (Å²) >= 11 is 1.96. The van der Waals surface area contributed by atoms with Gasteiger partial charge in [-0.1, -0.05) is 13.3 Å². The Hall–Kier alpha value is -0.750. The van der Waals surface area contributed by atoms with E-state index < -0.39 is 6.03 Å². The first-order valence-electron chi connectivity index (χ1n) is 6.96. The molecule has 0 aromatic heterocycles. The number of nitrogens with zero attached hydrogens (tertiary/aromatic N) is 1. The monoisotopic (exact) mass is 287 g/mol. The normalized spacial score (nSPS) is 22.4. The zero-order chi connectivity index (χ0) is 14.3. The number of carbonyl (C=O) groups is 2. The molecule has 3 amide bonds. The highest BCUT2D eigenvalue weighted by Gasteiger charge is 2.26. The Balaban J connectivity index is 2.55. The number of thioether (sulfide) groups is 1. The zero-order valence-electron chi connectivity index (χ0n) is 12.1. The summed E-state index contributed by atoms with van der Waals surface area (Å²) in [6.45, 7) is 5.91. The molecule has 1 saturated heterocycles. The van der Waals surface area contributed by atoms with Crippen LogP contribution in [0.15, 0.2) is 0 Å². The third-order valence-corrected chi connectivity index (χ3v) is 4.64. The van der Waals surface area contributed by atoms with Crippen LogP contribution >= 0.6 is 11.8 Å². The van der Waals surface area contributed by atoms with Crippen molar-refractivity contribution in [2.75, 3.05) is 25.9 Å². The molecule has 1 fully saturated rings. The van der Waals surface area contributed by atoms with Gasteiger partial charge in [-0.25, -0.2) is 4.79 Å². The Kier molecular flexibility index (Phi) is 7.23. The van der Waals surface area contributed by atoms with Gasteiger partial charge < -0.3 is 5.32 Å². The standard InChI is InChI=1S/C13H25N3O2S/c1-4-19-11-7-5-6-8-16(9-11)10(2)12(17)15-13(18)14-3/h10-11H,4-9H2,1-3H3,(H2,14,15,17,18)/t10-,11-/m1/s1. The predicted octanol–water partition coefficient (Wildman–Crippen LogP) is 1.44. The molecule has 110 valence electrons. The second kappa shape index (κ2) is 8.43. The maximum Gasteiger partial charge on any atom is 0.321 e. The van der Waals surface area contributed by atoms with Crippen molar-refractivity contribution in [1.29, 1.82) is 0 Å². The van der Waals surface area contributed by atoms with E-state index in [2.05, 4.69) is 22.5 Å². The molecule has 1 aliphatic heterocycles. The van der Waals surface area contributed by atoms with Gasteiger partial charge >= 0.3 is 6.03 Å². The third-order valence-electron chi connectivity index (χ3n) is 3.45. The van der Waals surface area contributed by atoms with Crippen LogP contribution in [0.3, 0.4) is 0 Å². The van der Waals surface area contributed by atoms with E-state index in [-0.39, 0.29) is 11.9 Å². The van der Waals surface area contributed by atoms with Gasteiger partial charge in [0.25, 0.3) is 0 Å². The van der Waals surface area contributed by atoms with Gasteiger partial charge in [0.05, 0.1) is 6.04 Å². The van der Waals surface area contributed by atoms with Crippen molar-refractivity contribution < 1.29 is 9.59 Å². The first-order chi connectivity index (χ1) is 9.08. The van der Waals surface area contributed by atoms with E-state index in [1.807, 2.05) is 18.7 Å². The Morgan fingerprint density at radius 1 is 1.42 bits per heavy atom. The third kappa shape index (κ3) is 5.40. The van der Waals surface area contributed by atoms with Gasteiger partial charge in [-0.05, 0) is 32.1 Å². The van der Waals surface area contributed by atoms with Crippen LogP contribution in [0, 0.1) is 0 Å². The number of urea groups is 1. The second-order valence-corrected chi connectivity index (χ2v) is 6.39. The van der Waals surface area contributed by atoms with Gasteiger partial charge in [0.15, 0.2) is 0 Å². The number of hydrogen-bond donors (Lipinski definition) is 2. The fourth-order valence-electron chi connectivity index (χ4n) is 2.30. The zero-order valence-corrected chi connectivity index (χ0v) is 12.9. The first kappa shape index (κ1) is 16.3. The van der Waals surface area contributed by atoms with Crippen LogP contribution < -0.4 is 10.6 Å².